The van der Waals surface area contributed by atoms with Crippen LogP contribution in [0.2, 0.25) is 10.0 Å². The van der Waals surface area contributed by atoms with E-state index in [1.54, 1.807) is 24.3 Å². The van der Waals surface area contributed by atoms with Gasteiger partial charge in [-0.2, -0.15) is 0 Å². The summed E-state index contributed by atoms with van der Waals surface area (Å²) in [5.41, 5.74) is 0.512. The van der Waals surface area contributed by atoms with E-state index < -0.39 is 11.9 Å². The van der Waals surface area contributed by atoms with Gasteiger partial charge in [0, 0.05) is 10.0 Å². The molecule has 0 aliphatic heterocycles. The second-order valence-corrected chi connectivity index (χ2v) is 4.56. The van der Waals surface area contributed by atoms with Crippen molar-refractivity contribution in [3.8, 4) is 0 Å². The van der Waals surface area contributed by atoms with Crippen LogP contribution in [0.25, 0.3) is 0 Å². The molecule has 0 aromatic heterocycles. The maximum atomic E-state index is 11.7. The lowest BCUT2D eigenvalue weighted by molar-refractivity contribution is 0.0398. The number of carbonyl (C=O) groups is 2. The van der Waals surface area contributed by atoms with Gasteiger partial charge < -0.3 is 4.74 Å². The van der Waals surface area contributed by atoms with Gasteiger partial charge in [-0.25, -0.2) is 9.59 Å². The Morgan fingerprint density at radius 2 is 1.00 bits per heavy atom. The van der Waals surface area contributed by atoms with E-state index >= 15 is 0 Å². The van der Waals surface area contributed by atoms with E-state index in [0.29, 0.717) is 10.0 Å². The lowest BCUT2D eigenvalue weighted by Crippen LogP contribution is -2.12. The number of benzene rings is 2. The second-order valence-electron chi connectivity index (χ2n) is 3.69. The van der Waals surface area contributed by atoms with Crippen molar-refractivity contribution in [2.24, 2.45) is 0 Å². The molecule has 0 radical (unpaired) electrons. The van der Waals surface area contributed by atoms with Crippen LogP contribution >= 0.6 is 23.2 Å². The highest BCUT2D eigenvalue weighted by atomic mass is 35.5. The summed E-state index contributed by atoms with van der Waals surface area (Å²) in [6.07, 6.45) is 0. The van der Waals surface area contributed by atoms with Gasteiger partial charge in [0.1, 0.15) is 0 Å². The molecule has 0 aliphatic rings. The van der Waals surface area contributed by atoms with Crippen LogP contribution in [0.3, 0.4) is 0 Å². The van der Waals surface area contributed by atoms with Gasteiger partial charge in [0.15, 0.2) is 0 Å². The van der Waals surface area contributed by atoms with Gasteiger partial charge in [-0.15, -0.1) is 0 Å². The summed E-state index contributed by atoms with van der Waals surface area (Å²) in [6, 6.07) is 12.1. The zero-order valence-electron chi connectivity index (χ0n) is 9.60. The molecular formula is C14H8Cl2O3. The predicted molar refractivity (Wildman–Crippen MR) is 72.7 cm³/mol. The molecular weight excluding hydrogens is 287 g/mol. The molecule has 0 bridgehead atoms. The van der Waals surface area contributed by atoms with Crippen LogP contribution < -0.4 is 0 Å². The molecule has 2 aromatic rings. The van der Waals surface area contributed by atoms with Crippen LogP contribution in [0.1, 0.15) is 20.7 Å². The first-order valence-corrected chi connectivity index (χ1v) is 6.09. The third-order valence-corrected chi connectivity index (χ3v) is 2.85. The van der Waals surface area contributed by atoms with E-state index in [9.17, 15) is 9.59 Å². The number of hydrogen-bond acceptors (Lipinski definition) is 3. The molecule has 2 aromatic carbocycles. The molecule has 2 rings (SSSR count). The van der Waals surface area contributed by atoms with Crippen molar-refractivity contribution < 1.29 is 14.3 Å². The minimum atomic E-state index is -0.725. The Kier molecular flexibility index (Phi) is 4.20. The summed E-state index contributed by atoms with van der Waals surface area (Å²) in [5.74, 6) is -1.45. The molecule has 0 saturated heterocycles. The van der Waals surface area contributed by atoms with Crippen molar-refractivity contribution in [2.45, 2.75) is 0 Å². The van der Waals surface area contributed by atoms with Crippen molar-refractivity contribution in [1.29, 1.82) is 0 Å². The first-order valence-electron chi connectivity index (χ1n) is 5.34. The van der Waals surface area contributed by atoms with Crippen LogP contribution in [-0.4, -0.2) is 11.9 Å². The van der Waals surface area contributed by atoms with Gasteiger partial charge in [-0.1, -0.05) is 23.2 Å². The fraction of sp³-hybridized carbons (Fsp3) is 0. The average Bonchev–Trinajstić information content (AvgIpc) is 2.40. The number of rotatable bonds is 2. The minimum absolute atomic E-state index is 0.256. The predicted octanol–water partition coefficient (Wildman–Crippen LogP) is 3.99. The lowest BCUT2D eigenvalue weighted by atomic mass is 10.2. The number of hydrogen-bond donors (Lipinski definition) is 0. The molecule has 0 saturated carbocycles. The standard InChI is InChI=1S/C14H8Cl2O3/c15-11-5-1-9(2-6-11)13(17)19-14(18)10-3-7-12(16)8-4-10/h1-8H. The smallest absolute Gasteiger partial charge is 0.346 e. The summed E-state index contributed by atoms with van der Waals surface area (Å²) in [4.78, 5) is 23.4. The zero-order valence-corrected chi connectivity index (χ0v) is 11.1. The lowest BCUT2D eigenvalue weighted by Gasteiger charge is -2.03. The van der Waals surface area contributed by atoms with E-state index in [-0.39, 0.29) is 11.1 Å². The monoisotopic (exact) mass is 294 g/mol. The minimum Gasteiger partial charge on any atom is -0.386 e. The molecule has 0 heterocycles. The highest BCUT2D eigenvalue weighted by Gasteiger charge is 2.14. The molecule has 0 unspecified atom stereocenters. The van der Waals surface area contributed by atoms with Crippen LogP contribution in [0.15, 0.2) is 48.5 Å². The Hall–Kier alpha value is -1.84. The molecule has 0 spiro atoms. The summed E-state index contributed by atoms with van der Waals surface area (Å²) >= 11 is 11.4. The van der Waals surface area contributed by atoms with Crippen molar-refractivity contribution in [3.63, 3.8) is 0 Å². The summed E-state index contributed by atoms with van der Waals surface area (Å²) in [6.45, 7) is 0. The molecule has 96 valence electrons. The largest absolute Gasteiger partial charge is 0.386 e. The van der Waals surface area contributed by atoms with Crippen LogP contribution in [0, 0.1) is 0 Å². The molecule has 0 N–H and O–H groups in total. The van der Waals surface area contributed by atoms with Gasteiger partial charge in [0.25, 0.3) is 0 Å². The fourth-order valence-electron chi connectivity index (χ4n) is 1.37. The van der Waals surface area contributed by atoms with Gasteiger partial charge in [-0.05, 0) is 48.5 Å². The summed E-state index contributed by atoms with van der Waals surface area (Å²) < 4.78 is 4.74. The fourth-order valence-corrected chi connectivity index (χ4v) is 1.63. The average molecular weight is 295 g/mol. The van der Waals surface area contributed by atoms with Gasteiger partial charge in [-0.3, -0.25) is 0 Å². The zero-order chi connectivity index (χ0) is 13.8. The Labute approximate surface area is 119 Å². The van der Waals surface area contributed by atoms with E-state index in [4.69, 9.17) is 27.9 Å². The Balaban J connectivity index is 2.08. The first kappa shape index (κ1) is 13.6. The third kappa shape index (κ3) is 3.56. The Morgan fingerprint density at radius 1 is 0.684 bits per heavy atom. The molecule has 0 atom stereocenters. The van der Waals surface area contributed by atoms with Crippen molar-refractivity contribution in [1.82, 2.24) is 0 Å². The van der Waals surface area contributed by atoms with Gasteiger partial charge in [0.05, 0.1) is 11.1 Å². The molecule has 3 nitrogen and oxygen atoms in total. The Morgan fingerprint density at radius 3 is 1.32 bits per heavy atom. The quantitative estimate of drug-likeness (QED) is 0.621. The van der Waals surface area contributed by atoms with Crippen molar-refractivity contribution >= 4 is 35.1 Å². The highest BCUT2D eigenvalue weighted by Crippen LogP contribution is 2.13. The highest BCUT2D eigenvalue weighted by molar-refractivity contribution is 6.31. The van der Waals surface area contributed by atoms with E-state index in [2.05, 4.69) is 0 Å². The number of esters is 2. The maximum Gasteiger partial charge on any atom is 0.346 e. The number of halogens is 2. The van der Waals surface area contributed by atoms with Crippen LogP contribution in [0.4, 0.5) is 0 Å². The third-order valence-electron chi connectivity index (χ3n) is 2.35. The Bertz CT molecular complexity index is 548. The number of carbonyl (C=O) groups excluding carboxylic acids is 2. The molecule has 0 fully saturated rings. The summed E-state index contributed by atoms with van der Waals surface area (Å²) in [5, 5.41) is 1.00. The topological polar surface area (TPSA) is 43.4 Å². The van der Waals surface area contributed by atoms with E-state index in [1.165, 1.54) is 24.3 Å². The van der Waals surface area contributed by atoms with Gasteiger partial charge >= 0.3 is 11.9 Å². The van der Waals surface area contributed by atoms with E-state index in [1.807, 2.05) is 0 Å². The molecule has 5 heteroatoms. The van der Waals surface area contributed by atoms with Crippen molar-refractivity contribution in [3.05, 3.63) is 69.7 Å². The molecule has 19 heavy (non-hydrogen) atoms. The normalized spacial score (nSPS) is 10.0. The summed E-state index contributed by atoms with van der Waals surface area (Å²) in [7, 11) is 0. The second kappa shape index (κ2) is 5.87. The number of ether oxygens (including phenoxy) is 1. The van der Waals surface area contributed by atoms with Gasteiger partial charge in [0.2, 0.25) is 0 Å². The molecule has 0 aliphatic carbocycles. The maximum absolute atomic E-state index is 11.7. The van der Waals surface area contributed by atoms with E-state index in [0.717, 1.165) is 0 Å². The first-order chi connectivity index (χ1) is 9.06. The SMILES string of the molecule is O=C(OC(=O)c1ccc(Cl)cc1)c1ccc(Cl)cc1. The van der Waals surface area contributed by atoms with Crippen LogP contribution in [-0.2, 0) is 4.74 Å². The molecule has 0 amide bonds. The van der Waals surface area contributed by atoms with Crippen LogP contribution in [0.5, 0.6) is 0 Å². The van der Waals surface area contributed by atoms with Crippen molar-refractivity contribution in [2.75, 3.05) is 0 Å².